The number of aryl methyl sites for hydroxylation is 3. The second-order valence-corrected chi connectivity index (χ2v) is 3.89. The Labute approximate surface area is 95.7 Å². The van der Waals surface area contributed by atoms with E-state index in [9.17, 15) is 0 Å². The van der Waals surface area contributed by atoms with Crippen LogP contribution in [0.15, 0.2) is 17.3 Å². The van der Waals surface area contributed by atoms with E-state index in [1.165, 1.54) is 11.1 Å². The lowest BCUT2D eigenvalue weighted by Crippen LogP contribution is -2.15. The molecule has 0 aliphatic rings. The van der Waals surface area contributed by atoms with E-state index in [4.69, 9.17) is 15.7 Å². The van der Waals surface area contributed by atoms with Crippen molar-refractivity contribution in [2.75, 3.05) is 6.61 Å². The van der Waals surface area contributed by atoms with Crippen molar-refractivity contribution in [3.63, 3.8) is 0 Å². The van der Waals surface area contributed by atoms with Gasteiger partial charge in [-0.05, 0) is 43.5 Å². The van der Waals surface area contributed by atoms with Gasteiger partial charge in [0.25, 0.3) is 0 Å². The van der Waals surface area contributed by atoms with Crippen molar-refractivity contribution in [1.82, 2.24) is 0 Å². The van der Waals surface area contributed by atoms with E-state index in [2.05, 4.69) is 18.1 Å². The van der Waals surface area contributed by atoms with Crippen molar-refractivity contribution in [2.45, 2.75) is 27.2 Å². The molecule has 88 valence electrons. The summed E-state index contributed by atoms with van der Waals surface area (Å²) in [5.41, 5.74) is 8.90. The molecule has 0 unspecified atom stereocenters. The van der Waals surface area contributed by atoms with Gasteiger partial charge in [0.1, 0.15) is 11.6 Å². The minimum absolute atomic E-state index is 0.182. The van der Waals surface area contributed by atoms with Crippen LogP contribution in [0.3, 0.4) is 0 Å². The smallest absolute Gasteiger partial charge is 0.142 e. The SMILES string of the molecule is Cc1cc(C)c(OCC/C(N)=N/O)cc1C. The van der Waals surface area contributed by atoms with Crippen LogP contribution in [0.1, 0.15) is 23.1 Å². The number of hydrogen-bond donors (Lipinski definition) is 2. The van der Waals surface area contributed by atoms with Gasteiger partial charge in [0.15, 0.2) is 0 Å². The normalized spacial score (nSPS) is 11.6. The van der Waals surface area contributed by atoms with Crippen molar-refractivity contribution < 1.29 is 9.94 Å². The third-order valence-corrected chi connectivity index (χ3v) is 2.54. The summed E-state index contributed by atoms with van der Waals surface area (Å²) < 4.78 is 5.57. The third-order valence-electron chi connectivity index (χ3n) is 2.54. The number of oxime groups is 1. The molecule has 0 saturated heterocycles. The second-order valence-electron chi connectivity index (χ2n) is 3.89. The highest BCUT2D eigenvalue weighted by molar-refractivity contribution is 5.79. The minimum atomic E-state index is 0.182. The van der Waals surface area contributed by atoms with E-state index in [0.717, 1.165) is 11.3 Å². The number of nitrogens with zero attached hydrogens (tertiary/aromatic N) is 1. The zero-order valence-corrected chi connectivity index (χ0v) is 9.95. The van der Waals surface area contributed by atoms with Crippen LogP contribution in [0.25, 0.3) is 0 Å². The van der Waals surface area contributed by atoms with Crippen molar-refractivity contribution in [2.24, 2.45) is 10.9 Å². The summed E-state index contributed by atoms with van der Waals surface area (Å²) in [6.07, 6.45) is 0.420. The van der Waals surface area contributed by atoms with Gasteiger partial charge in [-0.25, -0.2) is 0 Å². The number of hydrogen-bond acceptors (Lipinski definition) is 3. The van der Waals surface area contributed by atoms with E-state index in [1.54, 1.807) is 0 Å². The van der Waals surface area contributed by atoms with Gasteiger partial charge in [0.2, 0.25) is 0 Å². The highest BCUT2D eigenvalue weighted by Crippen LogP contribution is 2.22. The molecule has 0 spiro atoms. The van der Waals surface area contributed by atoms with E-state index in [1.807, 2.05) is 19.9 Å². The molecule has 0 aliphatic carbocycles. The van der Waals surface area contributed by atoms with Crippen molar-refractivity contribution >= 4 is 5.84 Å². The number of ether oxygens (including phenoxy) is 1. The van der Waals surface area contributed by atoms with Gasteiger partial charge in [0.05, 0.1) is 6.61 Å². The molecule has 0 saturated carbocycles. The molecular formula is C12H18N2O2. The first-order chi connectivity index (χ1) is 7.54. The molecule has 1 aromatic rings. The highest BCUT2D eigenvalue weighted by atomic mass is 16.5. The third kappa shape index (κ3) is 3.15. The molecule has 4 nitrogen and oxygen atoms in total. The monoisotopic (exact) mass is 222 g/mol. The number of rotatable bonds is 4. The molecule has 0 bridgehead atoms. The first kappa shape index (κ1) is 12.4. The van der Waals surface area contributed by atoms with E-state index >= 15 is 0 Å². The van der Waals surface area contributed by atoms with Crippen LogP contribution in [0, 0.1) is 20.8 Å². The average Bonchev–Trinajstić information content (AvgIpc) is 2.25. The Morgan fingerprint density at radius 1 is 1.25 bits per heavy atom. The van der Waals surface area contributed by atoms with E-state index in [0.29, 0.717) is 13.0 Å². The lowest BCUT2D eigenvalue weighted by molar-refractivity contribution is 0.305. The van der Waals surface area contributed by atoms with Gasteiger partial charge in [-0.1, -0.05) is 11.2 Å². The molecule has 16 heavy (non-hydrogen) atoms. The molecular weight excluding hydrogens is 204 g/mol. The van der Waals surface area contributed by atoms with Gasteiger partial charge in [-0.2, -0.15) is 0 Å². The molecule has 1 rings (SSSR count). The first-order valence-electron chi connectivity index (χ1n) is 5.21. The Kier molecular flexibility index (Phi) is 4.17. The number of nitrogens with two attached hydrogens (primary N) is 1. The number of amidine groups is 1. The Hall–Kier alpha value is -1.71. The average molecular weight is 222 g/mol. The Morgan fingerprint density at radius 2 is 1.88 bits per heavy atom. The zero-order chi connectivity index (χ0) is 12.1. The molecule has 0 heterocycles. The summed E-state index contributed by atoms with van der Waals surface area (Å²) in [6, 6.07) is 4.10. The van der Waals surface area contributed by atoms with Crippen LogP contribution in [0.4, 0.5) is 0 Å². The van der Waals surface area contributed by atoms with Crippen LogP contribution in [-0.2, 0) is 0 Å². The molecule has 0 aliphatic heterocycles. The van der Waals surface area contributed by atoms with E-state index in [-0.39, 0.29) is 5.84 Å². The Balaban J connectivity index is 2.64. The summed E-state index contributed by atoms with van der Waals surface area (Å²) in [6.45, 7) is 6.54. The fourth-order valence-electron chi connectivity index (χ4n) is 1.41. The molecule has 0 radical (unpaired) electrons. The Bertz CT molecular complexity index is 400. The first-order valence-corrected chi connectivity index (χ1v) is 5.21. The topological polar surface area (TPSA) is 67.8 Å². The fourth-order valence-corrected chi connectivity index (χ4v) is 1.41. The standard InChI is InChI=1S/C12H18N2O2/c1-8-6-10(3)11(7-9(8)2)16-5-4-12(13)14-15/h6-7,15H,4-5H2,1-3H3,(H2,13,14). The summed E-state index contributed by atoms with van der Waals surface area (Å²) in [5.74, 6) is 1.04. The van der Waals surface area contributed by atoms with Crippen LogP contribution >= 0.6 is 0 Å². The van der Waals surface area contributed by atoms with Crippen LogP contribution in [0.2, 0.25) is 0 Å². The van der Waals surface area contributed by atoms with Crippen molar-refractivity contribution in [1.29, 1.82) is 0 Å². The Morgan fingerprint density at radius 3 is 2.50 bits per heavy atom. The molecule has 0 aromatic heterocycles. The molecule has 0 fully saturated rings. The molecule has 4 heteroatoms. The maximum atomic E-state index is 8.37. The summed E-state index contributed by atoms with van der Waals surface area (Å²) in [5, 5.41) is 11.3. The predicted octanol–water partition coefficient (Wildman–Crippen LogP) is 2.13. The minimum Gasteiger partial charge on any atom is -0.493 e. The van der Waals surface area contributed by atoms with Crippen LogP contribution in [0.5, 0.6) is 5.75 Å². The van der Waals surface area contributed by atoms with Gasteiger partial charge in [-0.15, -0.1) is 0 Å². The lowest BCUT2D eigenvalue weighted by atomic mass is 10.1. The zero-order valence-electron chi connectivity index (χ0n) is 9.95. The maximum Gasteiger partial charge on any atom is 0.142 e. The van der Waals surface area contributed by atoms with Crippen molar-refractivity contribution in [3.05, 3.63) is 28.8 Å². The summed E-state index contributed by atoms with van der Waals surface area (Å²) in [4.78, 5) is 0. The van der Waals surface area contributed by atoms with Gasteiger partial charge < -0.3 is 15.7 Å². The van der Waals surface area contributed by atoms with Gasteiger partial charge >= 0.3 is 0 Å². The summed E-state index contributed by atoms with van der Waals surface area (Å²) in [7, 11) is 0. The van der Waals surface area contributed by atoms with Crippen LogP contribution < -0.4 is 10.5 Å². The van der Waals surface area contributed by atoms with Gasteiger partial charge in [0, 0.05) is 6.42 Å². The van der Waals surface area contributed by atoms with Crippen molar-refractivity contribution in [3.8, 4) is 5.75 Å². The molecule has 0 amide bonds. The maximum absolute atomic E-state index is 8.37. The molecule has 0 atom stereocenters. The lowest BCUT2D eigenvalue weighted by Gasteiger charge is -2.11. The quantitative estimate of drug-likeness (QED) is 0.355. The summed E-state index contributed by atoms with van der Waals surface area (Å²) >= 11 is 0. The van der Waals surface area contributed by atoms with E-state index < -0.39 is 0 Å². The highest BCUT2D eigenvalue weighted by Gasteiger charge is 2.03. The molecule has 3 N–H and O–H groups in total. The fraction of sp³-hybridized carbons (Fsp3) is 0.417. The number of benzene rings is 1. The van der Waals surface area contributed by atoms with Gasteiger partial charge in [-0.3, -0.25) is 0 Å². The largest absolute Gasteiger partial charge is 0.493 e. The van der Waals surface area contributed by atoms with Crippen LogP contribution in [-0.4, -0.2) is 17.6 Å². The second kappa shape index (κ2) is 5.39. The molecule has 1 aromatic carbocycles. The predicted molar refractivity (Wildman–Crippen MR) is 64.2 cm³/mol.